The van der Waals surface area contributed by atoms with Crippen LogP contribution in [0.25, 0.3) is 0 Å². The zero-order valence-corrected chi connectivity index (χ0v) is 11.5. The van der Waals surface area contributed by atoms with Gasteiger partial charge in [-0.25, -0.2) is 0 Å². The number of carbonyl (C=O) groups is 1. The fourth-order valence-electron chi connectivity index (χ4n) is 1.75. The highest BCUT2D eigenvalue weighted by Crippen LogP contribution is 2.12. The number of nitrogens with two attached hydrogens (primary N) is 2. The van der Waals surface area contributed by atoms with Crippen LogP contribution in [0, 0.1) is 0 Å². The largest absolute Gasteiger partial charge is 0.378 e. The van der Waals surface area contributed by atoms with E-state index in [4.69, 9.17) is 16.2 Å². The Morgan fingerprint density at radius 3 is 2.41 bits per heavy atom. The predicted octanol–water partition coefficient (Wildman–Crippen LogP) is 1.95. The number of unbranched alkanes of at least 4 members (excludes halogenated alkanes) is 4. The van der Waals surface area contributed by atoms with Crippen molar-refractivity contribution in [3.05, 3.63) is 0 Å². The van der Waals surface area contributed by atoms with Gasteiger partial charge in [-0.1, -0.05) is 32.6 Å². The van der Waals surface area contributed by atoms with Crippen LogP contribution in [0.15, 0.2) is 0 Å². The Hall–Kier alpha value is -0.610. The minimum Gasteiger partial charge on any atom is -0.378 e. The lowest BCUT2D eigenvalue weighted by molar-refractivity contribution is -0.124. The summed E-state index contributed by atoms with van der Waals surface area (Å²) in [5.41, 5.74) is 10.0. The summed E-state index contributed by atoms with van der Waals surface area (Å²) in [6.45, 7) is 6.51. The fraction of sp³-hybridized carbons (Fsp3) is 0.923. The van der Waals surface area contributed by atoms with E-state index in [1.165, 1.54) is 25.7 Å². The highest BCUT2D eigenvalue weighted by Gasteiger charge is 2.28. The van der Waals surface area contributed by atoms with Gasteiger partial charge in [0, 0.05) is 6.61 Å². The van der Waals surface area contributed by atoms with Crippen LogP contribution in [0.1, 0.15) is 59.3 Å². The minimum absolute atomic E-state index is 0.0244. The zero-order valence-electron chi connectivity index (χ0n) is 11.5. The van der Waals surface area contributed by atoms with Gasteiger partial charge in [-0.05, 0) is 26.7 Å². The first-order valence-electron chi connectivity index (χ1n) is 6.60. The molecule has 0 aromatic carbocycles. The van der Waals surface area contributed by atoms with Crippen molar-refractivity contribution >= 4 is 5.91 Å². The Bertz CT molecular complexity index is 217. The molecule has 0 spiro atoms. The van der Waals surface area contributed by atoms with Gasteiger partial charge in [0.05, 0.1) is 11.6 Å². The van der Waals surface area contributed by atoms with Crippen molar-refractivity contribution in [3.63, 3.8) is 0 Å². The number of hydrogen-bond acceptors (Lipinski definition) is 3. The van der Waals surface area contributed by atoms with Crippen molar-refractivity contribution in [3.8, 4) is 0 Å². The van der Waals surface area contributed by atoms with E-state index in [0.29, 0.717) is 6.42 Å². The summed E-state index contributed by atoms with van der Waals surface area (Å²) in [5, 5.41) is 0. The van der Waals surface area contributed by atoms with Gasteiger partial charge in [0.15, 0.2) is 0 Å². The van der Waals surface area contributed by atoms with E-state index >= 15 is 0 Å². The first-order chi connectivity index (χ1) is 7.90. The Kier molecular flexibility index (Phi) is 8.17. The van der Waals surface area contributed by atoms with Gasteiger partial charge in [-0.3, -0.25) is 4.79 Å². The molecule has 4 N–H and O–H groups in total. The van der Waals surface area contributed by atoms with Crippen LogP contribution < -0.4 is 11.5 Å². The molecule has 4 nitrogen and oxygen atoms in total. The molecule has 0 saturated heterocycles. The van der Waals surface area contributed by atoms with Crippen LogP contribution in [-0.4, -0.2) is 24.2 Å². The molecule has 4 heteroatoms. The SMILES string of the molecule is CCCCCCCOC(C)CC(C)(N)C(N)=O. The number of rotatable bonds is 10. The maximum Gasteiger partial charge on any atom is 0.237 e. The number of primary amides is 1. The first-order valence-corrected chi connectivity index (χ1v) is 6.60. The normalized spacial score (nSPS) is 16.5. The molecule has 0 aliphatic carbocycles. The standard InChI is InChI=1S/C13H28N2O2/c1-4-5-6-7-8-9-17-11(2)10-13(3,15)12(14)16/h11H,4-10,15H2,1-3H3,(H2,14,16). The van der Waals surface area contributed by atoms with Crippen LogP contribution >= 0.6 is 0 Å². The average Bonchev–Trinajstić information content (AvgIpc) is 2.22. The Labute approximate surface area is 105 Å². The second-order valence-electron chi connectivity index (χ2n) is 5.08. The number of hydrogen-bond donors (Lipinski definition) is 2. The van der Waals surface area contributed by atoms with Gasteiger partial charge in [0.25, 0.3) is 0 Å². The van der Waals surface area contributed by atoms with E-state index in [1.807, 2.05) is 6.92 Å². The molecule has 1 amide bonds. The van der Waals surface area contributed by atoms with E-state index in [2.05, 4.69) is 6.92 Å². The van der Waals surface area contributed by atoms with Crippen LogP contribution in [0.4, 0.5) is 0 Å². The van der Waals surface area contributed by atoms with Gasteiger partial charge in [0.2, 0.25) is 5.91 Å². The second kappa shape index (κ2) is 8.48. The Balaban J connectivity index is 3.59. The van der Waals surface area contributed by atoms with E-state index < -0.39 is 11.4 Å². The van der Waals surface area contributed by atoms with Crippen molar-refractivity contribution in [1.82, 2.24) is 0 Å². The summed E-state index contributed by atoms with van der Waals surface area (Å²) in [6.07, 6.45) is 6.53. The molecule has 0 rings (SSSR count). The van der Waals surface area contributed by atoms with Gasteiger partial charge >= 0.3 is 0 Å². The number of ether oxygens (including phenoxy) is 1. The van der Waals surface area contributed by atoms with Gasteiger partial charge in [0.1, 0.15) is 0 Å². The topological polar surface area (TPSA) is 78.3 Å². The maximum atomic E-state index is 11.0. The predicted molar refractivity (Wildman–Crippen MR) is 70.6 cm³/mol. The Morgan fingerprint density at radius 1 is 1.29 bits per heavy atom. The summed E-state index contributed by atoms with van der Waals surface area (Å²) >= 11 is 0. The molecule has 17 heavy (non-hydrogen) atoms. The smallest absolute Gasteiger partial charge is 0.237 e. The van der Waals surface area contributed by atoms with Crippen LogP contribution in [0.5, 0.6) is 0 Å². The van der Waals surface area contributed by atoms with Gasteiger partial charge in [-0.15, -0.1) is 0 Å². The first kappa shape index (κ1) is 16.4. The lowest BCUT2D eigenvalue weighted by atomic mass is 9.95. The molecule has 0 saturated carbocycles. The molecule has 0 radical (unpaired) electrons. The molecular formula is C13H28N2O2. The monoisotopic (exact) mass is 244 g/mol. The zero-order chi connectivity index (χ0) is 13.3. The molecule has 0 fully saturated rings. The van der Waals surface area contributed by atoms with Crippen molar-refractivity contribution in [2.75, 3.05) is 6.61 Å². The third-order valence-electron chi connectivity index (χ3n) is 2.92. The highest BCUT2D eigenvalue weighted by atomic mass is 16.5. The molecular weight excluding hydrogens is 216 g/mol. The van der Waals surface area contributed by atoms with Crippen LogP contribution in [-0.2, 0) is 9.53 Å². The molecule has 102 valence electrons. The molecule has 0 bridgehead atoms. The van der Waals surface area contributed by atoms with Gasteiger partial charge in [-0.2, -0.15) is 0 Å². The maximum absolute atomic E-state index is 11.0. The van der Waals surface area contributed by atoms with E-state index in [-0.39, 0.29) is 6.10 Å². The summed E-state index contributed by atoms with van der Waals surface area (Å²) in [5.74, 6) is -0.476. The summed E-state index contributed by atoms with van der Waals surface area (Å²) in [7, 11) is 0. The molecule has 0 heterocycles. The quantitative estimate of drug-likeness (QED) is 0.577. The number of amides is 1. The van der Waals surface area contributed by atoms with Crippen molar-refractivity contribution in [1.29, 1.82) is 0 Å². The van der Waals surface area contributed by atoms with Crippen molar-refractivity contribution in [2.24, 2.45) is 11.5 Å². The second-order valence-corrected chi connectivity index (χ2v) is 5.08. The molecule has 0 aliphatic rings. The highest BCUT2D eigenvalue weighted by molar-refractivity contribution is 5.83. The van der Waals surface area contributed by atoms with Gasteiger partial charge < -0.3 is 16.2 Å². The third-order valence-corrected chi connectivity index (χ3v) is 2.92. The van der Waals surface area contributed by atoms with E-state index in [9.17, 15) is 4.79 Å². The van der Waals surface area contributed by atoms with E-state index in [1.54, 1.807) is 6.92 Å². The average molecular weight is 244 g/mol. The molecule has 2 atom stereocenters. The third kappa shape index (κ3) is 8.16. The lowest BCUT2D eigenvalue weighted by Crippen LogP contribution is -2.51. The van der Waals surface area contributed by atoms with Crippen molar-refractivity contribution < 1.29 is 9.53 Å². The Morgan fingerprint density at radius 2 is 1.88 bits per heavy atom. The number of carbonyl (C=O) groups excluding carboxylic acids is 1. The van der Waals surface area contributed by atoms with Crippen LogP contribution in [0.2, 0.25) is 0 Å². The van der Waals surface area contributed by atoms with Crippen LogP contribution in [0.3, 0.4) is 0 Å². The van der Waals surface area contributed by atoms with E-state index in [0.717, 1.165) is 13.0 Å². The molecule has 2 unspecified atom stereocenters. The molecule has 0 aliphatic heterocycles. The summed E-state index contributed by atoms with van der Waals surface area (Å²) in [4.78, 5) is 11.0. The summed E-state index contributed by atoms with van der Waals surface area (Å²) in [6, 6.07) is 0. The minimum atomic E-state index is -0.971. The molecule has 0 aromatic rings. The van der Waals surface area contributed by atoms with Crippen molar-refractivity contribution in [2.45, 2.75) is 70.9 Å². The molecule has 0 aromatic heterocycles. The fourth-order valence-corrected chi connectivity index (χ4v) is 1.75. The summed E-state index contributed by atoms with van der Waals surface area (Å²) < 4.78 is 5.62. The lowest BCUT2D eigenvalue weighted by Gasteiger charge is -2.24.